The zero-order valence-corrected chi connectivity index (χ0v) is 11.6. The van der Waals surface area contributed by atoms with Gasteiger partial charge in [-0.05, 0) is 38.8 Å². The summed E-state index contributed by atoms with van der Waals surface area (Å²) in [6.07, 6.45) is 2.03. The van der Waals surface area contributed by atoms with Crippen molar-refractivity contribution in [2.75, 3.05) is 25.1 Å². The molecule has 1 aliphatic rings. The number of pyridine rings is 1. The minimum Gasteiger partial charge on any atom is -0.478 e. The van der Waals surface area contributed by atoms with E-state index in [1.165, 1.54) is 0 Å². The molecular formula is C14H20N2O3. The van der Waals surface area contributed by atoms with Crippen molar-refractivity contribution in [2.45, 2.75) is 32.3 Å². The summed E-state index contributed by atoms with van der Waals surface area (Å²) in [6.45, 7) is 5.51. The molecule has 19 heavy (non-hydrogen) atoms. The second-order valence-corrected chi connectivity index (χ2v) is 5.34. The van der Waals surface area contributed by atoms with Crippen molar-refractivity contribution in [1.29, 1.82) is 0 Å². The number of nitrogens with zero attached hydrogens (tertiary/aromatic N) is 2. The van der Waals surface area contributed by atoms with Crippen LogP contribution in [-0.4, -0.2) is 41.9 Å². The lowest BCUT2D eigenvalue weighted by molar-refractivity contribution is -0.00482. The van der Waals surface area contributed by atoms with Crippen LogP contribution >= 0.6 is 0 Å². The standard InChI is InChI=1S/C14H20N2O3/c1-10-7-11(13(17)18)8-12(15-10)16-6-4-5-14(2,9-16)19-3/h7-8H,4-6,9H2,1-3H3,(H,17,18). The number of hydrogen-bond acceptors (Lipinski definition) is 4. The van der Waals surface area contributed by atoms with Crippen LogP contribution in [-0.2, 0) is 4.74 Å². The molecule has 0 saturated carbocycles. The van der Waals surface area contributed by atoms with E-state index >= 15 is 0 Å². The van der Waals surface area contributed by atoms with Crippen LogP contribution in [0.2, 0.25) is 0 Å². The van der Waals surface area contributed by atoms with Gasteiger partial charge in [0.2, 0.25) is 0 Å². The molecule has 0 aromatic carbocycles. The average Bonchev–Trinajstić information content (AvgIpc) is 2.38. The minimum absolute atomic E-state index is 0.187. The number of carboxylic acids is 1. The molecule has 0 spiro atoms. The molecule has 2 heterocycles. The highest BCUT2D eigenvalue weighted by Gasteiger charge is 2.31. The molecule has 1 N–H and O–H groups in total. The lowest BCUT2D eigenvalue weighted by Gasteiger charge is -2.40. The summed E-state index contributed by atoms with van der Waals surface area (Å²) < 4.78 is 5.55. The van der Waals surface area contributed by atoms with E-state index in [-0.39, 0.29) is 11.2 Å². The smallest absolute Gasteiger partial charge is 0.335 e. The van der Waals surface area contributed by atoms with Gasteiger partial charge in [-0.25, -0.2) is 9.78 Å². The van der Waals surface area contributed by atoms with Crippen LogP contribution in [0.4, 0.5) is 5.82 Å². The van der Waals surface area contributed by atoms with Crippen LogP contribution in [0, 0.1) is 6.92 Å². The molecule has 0 radical (unpaired) electrons. The van der Waals surface area contributed by atoms with Gasteiger partial charge in [0, 0.05) is 25.9 Å². The normalized spacial score (nSPS) is 23.4. The number of aromatic nitrogens is 1. The van der Waals surface area contributed by atoms with Gasteiger partial charge in [-0.2, -0.15) is 0 Å². The molecule has 1 aliphatic heterocycles. The summed E-state index contributed by atoms with van der Waals surface area (Å²) in [4.78, 5) is 17.7. The monoisotopic (exact) mass is 264 g/mol. The third kappa shape index (κ3) is 3.04. The molecule has 0 amide bonds. The van der Waals surface area contributed by atoms with E-state index in [1.807, 2.05) is 6.92 Å². The summed E-state index contributed by atoms with van der Waals surface area (Å²) in [5, 5.41) is 9.11. The molecule has 1 atom stereocenters. The Morgan fingerprint density at radius 2 is 2.26 bits per heavy atom. The highest BCUT2D eigenvalue weighted by molar-refractivity contribution is 5.88. The van der Waals surface area contributed by atoms with Crippen LogP contribution in [0.5, 0.6) is 0 Å². The quantitative estimate of drug-likeness (QED) is 0.905. The van der Waals surface area contributed by atoms with Gasteiger partial charge in [0.25, 0.3) is 0 Å². The van der Waals surface area contributed by atoms with Crippen molar-refractivity contribution >= 4 is 11.8 Å². The molecule has 1 aromatic heterocycles. The van der Waals surface area contributed by atoms with Gasteiger partial charge in [-0.1, -0.05) is 0 Å². The molecule has 2 rings (SSSR count). The predicted molar refractivity (Wildman–Crippen MR) is 72.8 cm³/mol. The highest BCUT2D eigenvalue weighted by Crippen LogP contribution is 2.27. The van der Waals surface area contributed by atoms with Crippen LogP contribution < -0.4 is 4.90 Å². The van der Waals surface area contributed by atoms with Crippen LogP contribution in [0.15, 0.2) is 12.1 Å². The Balaban J connectivity index is 2.28. The number of carboxylic acid groups (broad SMARTS) is 1. The number of methoxy groups -OCH3 is 1. The number of hydrogen-bond donors (Lipinski definition) is 1. The van der Waals surface area contributed by atoms with Crippen molar-refractivity contribution in [3.8, 4) is 0 Å². The van der Waals surface area contributed by atoms with Gasteiger partial charge in [-0.3, -0.25) is 0 Å². The van der Waals surface area contributed by atoms with Gasteiger partial charge in [0.1, 0.15) is 5.82 Å². The summed E-state index contributed by atoms with van der Waals surface area (Å²) in [5.41, 5.74) is 0.819. The maximum atomic E-state index is 11.1. The predicted octanol–water partition coefficient (Wildman–Crippen LogP) is 2.09. The Hall–Kier alpha value is -1.62. The van der Waals surface area contributed by atoms with Crippen molar-refractivity contribution in [3.63, 3.8) is 0 Å². The Morgan fingerprint density at radius 1 is 1.53 bits per heavy atom. The Labute approximate surface area is 113 Å². The molecule has 1 unspecified atom stereocenters. The molecular weight excluding hydrogens is 244 g/mol. The lowest BCUT2D eigenvalue weighted by Crippen LogP contribution is -2.47. The van der Waals surface area contributed by atoms with Gasteiger partial charge in [0.15, 0.2) is 0 Å². The number of ether oxygens (including phenoxy) is 1. The molecule has 1 saturated heterocycles. The summed E-state index contributed by atoms with van der Waals surface area (Å²) >= 11 is 0. The third-order valence-electron chi connectivity index (χ3n) is 3.66. The molecule has 1 fully saturated rings. The van der Waals surface area contributed by atoms with E-state index in [2.05, 4.69) is 16.8 Å². The molecule has 0 bridgehead atoms. The summed E-state index contributed by atoms with van der Waals surface area (Å²) in [6, 6.07) is 3.22. The number of piperidine rings is 1. The van der Waals surface area contributed by atoms with Crippen molar-refractivity contribution < 1.29 is 14.6 Å². The minimum atomic E-state index is -0.918. The Morgan fingerprint density at radius 3 is 2.89 bits per heavy atom. The molecule has 1 aromatic rings. The maximum Gasteiger partial charge on any atom is 0.335 e. The van der Waals surface area contributed by atoms with Crippen molar-refractivity contribution in [3.05, 3.63) is 23.4 Å². The van der Waals surface area contributed by atoms with Gasteiger partial charge < -0.3 is 14.7 Å². The van der Waals surface area contributed by atoms with Crippen LogP contribution in [0.25, 0.3) is 0 Å². The van der Waals surface area contributed by atoms with E-state index in [1.54, 1.807) is 19.2 Å². The number of aromatic carboxylic acids is 1. The van der Waals surface area contributed by atoms with E-state index in [0.717, 1.165) is 37.4 Å². The van der Waals surface area contributed by atoms with Crippen molar-refractivity contribution in [2.24, 2.45) is 0 Å². The zero-order valence-electron chi connectivity index (χ0n) is 11.6. The number of rotatable bonds is 3. The molecule has 104 valence electrons. The molecule has 5 nitrogen and oxygen atoms in total. The first-order valence-corrected chi connectivity index (χ1v) is 6.46. The Kier molecular flexibility index (Phi) is 3.75. The SMILES string of the molecule is COC1(C)CCCN(c2cc(C(=O)O)cc(C)n2)C1. The van der Waals surface area contributed by atoms with Crippen LogP contribution in [0.3, 0.4) is 0 Å². The third-order valence-corrected chi connectivity index (χ3v) is 3.66. The second kappa shape index (κ2) is 5.17. The lowest BCUT2D eigenvalue weighted by atomic mass is 9.94. The van der Waals surface area contributed by atoms with E-state index in [0.29, 0.717) is 0 Å². The van der Waals surface area contributed by atoms with E-state index in [4.69, 9.17) is 9.84 Å². The van der Waals surface area contributed by atoms with E-state index in [9.17, 15) is 4.79 Å². The average molecular weight is 264 g/mol. The first-order chi connectivity index (χ1) is 8.93. The van der Waals surface area contributed by atoms with Crippen LogP contribution in [0.1, 0.15) is 35.8 Å². The second-order valence-electron chi connectivity index (χ2n) is 5.34. The fraction of sp³-hybridized carbons (Fsp3) is 0.571. The van der Waals surface area contributed by atoms with Crippen molar-refractivity contribution in [1.82, 2.24) is 4.98 Å². The fourth-order valence-corrected chi connectivity index (χ4v) is 2.50. The number of aryl methyl sites for hydroxylation is 1. The topological polar surface area (TPSA) is 62.7 Å². The highest BCUT2D eigenvalue weighted by atomic mass is 16.5. The van der Waals surface area contributed by atoms with Gasteiger partial charge in [-0.15, -0.1) is 0 Å². The summed E-state index contributed by atoms with van der Waals surface area (Å²) in [5.74, 6) is -0.196. The van der Waals surface area contributed by atoms with Gasteiger partial charge in [0.05, 0.1) is 11.2 Å². The molecule has 0 aliphatic carbocycles. The molecule has 5 heteroatoms. The maximum absolute atomic E-state index is 11.1. The first kappa shape index (κ1) is 13.8. The number of carbonyl (C=O) groups is 1. The first-order valence-electron chi connectivity index (χ1n) is 6.46. The Bertz CT molecular complexity index is 490. The fourth-order valence-electron chi connectivity index (χ4n) is 2.50. The largest absolute Gasteiger partial charge is 0.478 e. The zero-order chi connectivity index (χ0) is 14.0. The summed E-state index contributed by atoms with van der Waals surface area (Å²) in [7, 11) is 1.72. The van der Waals surface area contributed by atoms with E-state index < -0.39 is 5.97 Å². The number of anilines is 1. The van der Waals surface area contributed by atoms with Gasteiger partial charge >= 0.3 is 5.97 Å².